The van der Waals surface area contributed by atoms with Crippen LogP contribution in [0.2, 0.25) is 0 Å². The summed E-state index contributed by atoms with van der Waals surface area (Å²) in [4.78, 5) is 2.14. The van der Waals surface area contributed by atoms with Gasteiger partial charge in [-0.15, -0.1) is 0 Å². The second-order valence-electron chi connectivity index (χ2n) is 4.34. The van der Waals surface area contributed by atoms with E-state index in [2.05, 4.69) is 26.0 Å². The van der Waals surface area contributed by atoms with Crippen LogP contribution >= 0.6 is 15.9 Å². The lowest BCUT2D eigenvalue weighted by atomic mass is 10.0. The Kier molecular flexibility index (Phi) is 4.08. The Morgan fingerprint density at radius 3 is 2.67 bits per heavy atom. The maximum absolute atomic E-state index is 9.53. The molecule has 1 aromatic carbocycles. The van der Waals surface area contributed by atoms with E-state index in [0.29, 0.717) is 5.56 Å². The smallest absolute Gasteiger partial charge is 0.173 e. The fourth-order valence-electron chi connectivity index (χ4n) is 2.19. The lowest BCUT2D eigenvalue weighted by Crippen LogP contribution is -2.37. The van der Waals surface area contributed by atoms with E-state index in [0.717, 1.165) is 36.1 Å². The molecule has 0 spiro atoms. The molecular formula is C12H16BrN3O2. The molecule has 98 valence electrons. The molecule has 0 unspecified atom stereocenters. The number of anilines is 1. The highest BCUT2D eigenvalue weighted by atomic mass is 79.9. The molecule has 0 saturated carbocycles. The second kappa shape index (κ2) is 5.58. The number of piperidine rings is 1. The Labute approximate surface area is 114 Å². The Bertz CT molecular complexity index is 457. The molecule has 0 aliphatic carbocycles. The summed E-state index contributed by atoms with van der Waals surface area (Å²) in [6.45, 7) is 1.53. The zero-order valence-corrected chi connectivity index (χ0v) is 11.5. The molecule has 0 aromatic heterocycles. The zero-order valence-electron chi connectivity index (χ0n) is 9.88. The third-order valence-electron chi connectivity index (χ3n) is 3.16. The number of halogens is 1. The van der Waals surface area contributed by atoms with Gasteiger partial charge in [0.2, 0.25) is 0 Å². The molecule has 1 aliphatic rings. The van der Waals surface area contributed by atoms with E-state index >= 15 is 0 Å². The highest BCUT2D eigenvalue weighted by Crippen LogP contribution is 2.29. The number of nitrogens with two attached hydrogens (primary N) is 1. The Morgan fingerprint density at radius 2 is 2.06 bits per heavy atom. The summed E-state index contributed by atoms with van der Waals surface area (Å²) in [7, 11) is 0. The van der Waals surface area contributed by atoms with Crippen LogP contribution in [0.15, 0.2) is 27.8 Å². The van der Waals surface area contributed by atoms with Crippen LogP contribution in [0.5, 0.6) is 0 Å². The fourth-order valence-corrected chi connectivity index (χ4v) is 2.75. The van der Waals surface area contributed by atoms with Crippen LogP contribution in [-0.4, -0.2) is 35.3 Å². The van der Waals surface area contributed by atoms with E-state index in [9.17, 15) is 5.11 Å². The van der Waals surface area contributed by atoms with Crippen LogP contribution in [0.25, 0.3) is 0 Å². The van der Waals surface area contributed by atoms with Crippen molar-refractivity contribution in [1.82, 2.24) is 0 Å². The van der Waals surface area contributed by atoms with Crippen molar-refractivity contribution in [3.8, 4) is 0 Å². The molecule has 0 radical (unpaired) electrons. The first-order chi connectivity index (χ1) is 8.63. The molecule has 1 aromatic rings. The number of aliphatic hydroxyl groups excluding tert-OH is 1. The third kappa shape index (κ3) is 2.59. The molecule has 4 N–H and O–H groups in total. The van der Waals surface area contributed by atoms with Gasteiger partial charge >= 0.3 is 0 Å². The van der Waals surface area contributed by atoms with E-state index in [4.69, 9.17) is 10.9 Å². The molecule has 5 nitrogen and oxygen atoms in total. The molecular weight excluding hydrogens is 298 g/mol. The molecule has 0 bridgehead atoms. The van der Waals surface area contributed by atoms with Gasteiger partial charge in [-0.2, -0.15) is 0 Å². The lowest BCUT2D eigenvalue weighted by molar-refractivity contribution is 0.145. The van der Waals surface area contributed by atoms with Crippen LogP contribution < -0.4 is 10.6 Å². The summed E-state index contributed by atoms with van der Waals surface area (Å²) in [6.07, 6.45) is 1.25. The Morgan fingerprint density at radius 1 is 1.39 bits per heavy atom. The van der Waals surface area contributed by atoms with Crippen molar-refractivity contribution in [1.29, 1.82) is 0 Å². The number of amidine groups is 1. The molecule has 18 heavy (non-hydrogen) atoms. The van der Waals surface area contributed by atoms with Crippen molar-refractivity contribution in [3.05, 3.63) is 28.2 Å². The van der Waals surface area contributed by atoms with Crippen LogP contribution in [0.3, 0.4) is 0 Å². The highest BCUT2D eigenvalue weighted by molar-refractivity contribution is 9.10. The number of nitrogens with zero attached hydrogens (tertiary/aromatic N) is 2. The average Bonchev–Trinajstić information content (AvgIpc) is 2.38. The summed E-state index contributed by atoms with van der Waals surface area (Å²) in [6, 6.07) is 5.71. The SMILES string of the molecule is N/C(=N/O)c1c(Br)cccc1N1CCC(O)CC1. The van der Waals surface area contributed by atoms with E-state index in [-0.39, 0.29) is 11.9 Å². The first-order valence-electron chi connectivity index (χ1n) is 5.83. The van der Waals surface area contributed by atoms with Gasteiger partial charge in [0.1, 0.15) is 0 Å². The van der Waals surface area contributed by atoms with Crippen molar-refractivity contribution < 1.29 is 10.3 Å². The van der Waals surface area contributed by atoms with Gasteiger partial charge in [0.15, 0.2) is 5.84 Å². The number of benzene rings is 1. The van der Waals surface area contributed by atoms with E-state index < -0.39 is 0 Å². The number of hydrogen-bond acceptors (Lipinski definition) is 4. The van der Waals surface area contributed by atoms with Gasteiger partial charge < -0.3 is 20.9 Å². The monoisotopic (exact) mass is 313 g/mol. The lowest BCUT2D eigenvalue weighted by Gasteiger charge is -2.33. The van der Waals surface area contributed by atoms with Gasteiger partial charge in [-0.1, -0.05) is 11.2 Å². The predicted octanol–water partition coefficient (Wildman–Crippen LogP) is 1.50. The van der Waals surface area contributed by atoms with Gasteiger partial charge in [-0.25, -0.2) is 0 Å². The van der Waals surface area contributed by atoms with Crippen LogP contribution in [0.1, 0.15) is 18.4 Å². The van der Waals surface area contributed by atoms with Gasteiger partial charge in [-0.3, -0.25) is 0 Å². The number of aliphatic hydroxyl groups is 1. The maximum Gasteiger partial charge on any atom is 0.173 e. The summed E-state index contributed by atoms with van der Waals surface area (Å²) < 4.78 is 0.793. The van der Waals surface area contributed by atoms with Crippen molar-refractivity contribution in [2.75, 3.05) is 18.0 Å². The van der Waals surface area contributed by atoms with Gasteiger partial charge in [0.05, 0.1) is 11.7 Å². The molecule has 1 fully saturated rings. The van der Waals surface area contributed by atoms with Gasteiger partial charge in [-0.05, 0) is 40.9 Å². The van der Waals surface area contributed by atoms with Gasteiger partial charge in [0, 0.05) is 23.2 Å². The second-order valence-corrected chi connectivity index (χ2v) is 5.19. The quantitative estimate of drug-likeness (QED) is 0.334. The molecule has 1 saturated heterocycles. The minimum absolute atomic E-state index is 0.0867. The number of rotatable bonds is 2. The average molecular weight is 314 g/mol. The highest BCUT2D eigenvalue weighted by Gasteiger charge is 2.21. The van der Waals surface area contributed by atoms with Crippen LogP contribution in [-0.2, 0) is 0 Å². The van der Waals surface area contributed by atoms with Gasteiger partial charge in [0.25, 0.3) is 0 Å². The molecule has 0 amide bonds. The normalized spacial score (nSPS) is 18.1. The van der Waals surface area contributed by atoms with Crippen LogP contribution in [0.4, 0.5) is 5.69 Å². The standard InChI is InChI=1S/C12H16BrN3O2/c13-9-2-1-3-10(11(9)12(14)15-18)16-6-4-8(17)5-7-16/h1-3,8,17-18H,4-7H2,(H2,14,15). The minimum atomic E-state index is -0.222. The Hall–Kier alpha value is -1.27. The van der Waals surface area contributed by atoms with Crippen molar-refractivity contribution in [2.24, 2.45) is 10.9 Å². The van der Waals surface area contributed by atoms with E-state index in [1.165, 1.54) is 0 Å². The molecule has 1 aliphatic heterocycles. The largest absolute Gasteiger partial charge is 0.409 e. The number of hydrogen-bond donors (Lipinski definition) is 3. The summed E-state index contributed by atoms with van der Waals surface area (Å²) in [5.74, 6) is 0.0867. The fraction of sp³-hybridized carbons (Fsp3) is 0.417. The van der Waals surface area contributed by atoms with Crippen molar-refractivity contribution >= 4 is 27.5 Å². The first kappa shape index (κ1) is 13.2. The first-order valence-corrected chi connectivity index (χ1v) is 6.62. The summed E-state index contributed by atoms with van der Waals surface area (Å²) in [5, 5.41) is 21.5. The predicted molar refractivity (Wildman–Crippen MR) is 74.1 cm³/mol. The topological polar surface area (TPSA) is 82.1 Å². The van der Waals surface area contributed by atoms with Crippen LogP contribution in [0, 0.1) is 0 Å². The Balaban J connectivity index is 2.35. The summed E-state index contributed by atoms with van der Waals surface area (Å²) >= 11 is 3.42. The minimum Gasteiger partial charge on any atom is -0.409 e. The molecule has 1 heterocycles. The third-order valence-corrected chi connectivity index (χ3v) is 3.82. The van der Waals surface area contributed by atoms with Crippen molar-refractivity contribution in [2.45, 2.75) is 18.9 Å². The molecule has 6 heteroatoms. The maximum atomic E-state index is 9.53. The van der Waals surface area contributed by atoms with E-state index in [1.54, 1.807) is 0 Å². The molecule has 0 atom stereocenters. The number of oxime groups is 1. The van der Waals surface area contributed by atoms with Crippen molar-refractivity contribution in [3.63, 3.8) is 0 Å². The van der Waals surface area contributed by atoms with E-state index in [1.807, 2.05) is 18.2 Å². The molecule has 2 rings (SSSR count). The summed E-state index contributed by atoms with van der Waals surface area (Å²) in [5.41, 5.74) is 7.34. The zero-order chi connectivity index (χ0) is 13.1.